The molecule has 0 atom stereocenters. The molecule has 0 aromatic heterocycles. The number of benzene rings is 1. The lowest BCUT2D eigenvalue weighted by Crippen LogP contribution is -2.23. The molecule has 0 unspecified atom stereocenters. The van der Waals surface area contributed by atoms with Crippen LogP contribution in [-0.4, -0.2) is 46.3 Å². The number of anilines is 1. The monoisotopic (exact) mass is 316 g/mol. The quantitative estimate of drug-likeness (QED) is 0.437. The zero-order valence-electron chi connectivity index (χ0n) is 11.9. The Morgan fingerprint density at radius 2 is 2.05 bits per heavy atom. The molecule has 0 aliphatic rings. The number of methoxy groups -OCH3 is 1. The molecular formula is C12H16N2O6S. The third kappa shape index (κ3) is 4.15. The fourth-order valence-corrected chi connectivity index (χ4v) is 2.64. The molecule has 1 rings (SSSR count). The molecule has 0 fully saturated rings. The van der Waals surface area contributed by atoms with E-state index in [2.05, 4.69) is 4.74 Å². The van der Waals surface area contributed by atoms with Crippen LogP contribution >= 0.6 is 0 Å². The van der Waals surface area contributed by atoms with Gasteiger partial charge in [0.1, 0.15) is 10.6 Å². The standard InChI is InChI=1S/C12H16N2O6S/c1-13(8-7-11(15)20-2)9-5-4-6-10(21(3,18)19)12(9)14(16)17/h4-6H,7-8H2,1-3H3. The molecule has 0 saturated carbocycles. The highest BCUT2D eigenvalue weighted by Crippen LogP contribution is 2.34. The normalized spacial score (nSPS) is 11.0. The van der Waals surface area contributed by atoms with Crippen LogP contribution < -0.4 is 4.90 Å². The maximum atomic E-state index is 11.6. The van der Waals surface area contributed by atoms with Crippen LogP contribution in [0.5, 0.6) is 0 Å². The lowest BCUT2D eigenvalue weighted by Gasteiger charge is -2.19. The molecule has 0 amide bonds. The van der Waals surface area contributed by atoms with E-state index in [1.165, 1.54) is 37.3 Å². The van der Waals surface area contributed by atoms with Crippen molar-refractivity contribution in [1.82, 2.24) is 0 Å². The number of rotatable bonds is 6. The van der Waals surface area contributed by atoms with Crippen molar-refractivity contribution in [3.05, 3.63) is 28.3 Å². The Morgan fingerprint density at radius 1 is 1.43 bits per heavy atom. The topological polar surface area (TPSA) is 107 Å². The van der Waals surface area contributed by atoms with Crippen molar-refractivity contribution >= 4 is 27.2 Å². The van der Waals surface area contributed by atoms with Crippen LogP contribution in [0, 0.1) is 10.1 Å². The first-order valence-electron chi connectivity index (χ1n) is 5.94. The van der Waals surface area contributed by atoms with Gasteiger partial charge in [0.2, 0.25) is 0 Å². The number of hydrogen-bond donors (Lipinski definition) is 0. The molecule has 1 aromatic carbocycles. The molecule has 0 saturated heterocycles. The molecule has 1 aromatic rings. The SMILES string of the molecule is COC(=O)CCN(C)c1cccc(S(C)(=O)=O)c1[N+](=O)[O-]. The summed E-state index contributed by atoms with van der Waals surface area (Å²) in [5.41, 5.74) is -0.362. The van der Waals surface area contributed by atoms with E-state index in [0.717, 1.165) is 6.26 Å². The summed E-state index contributed by atoms with van der Waals surface area (Å²) < 4.78 is 27.8. The van der Waals surface area contributed by atoms with Gasteiger partial charge in [0.15, 0.2) is 9.84 Å². The van der Waals surface area contributed by atoms with Gasteiger partial charge in [-0.2, -0.15) is 0 Å². The predicted molar refractivity (Wildman–Crippen MR) is 76.1 cm³/mol. The van der Waals surface area contributed by atoms with Crippen molar-refractivity contribution in [2.45, 2.75) is 11.3 Å². The van der Waals surface area contributed by atoms with Gasteiger partial charge in [-0.05, 0) is 12.1 Å². The number of nitro benzene ring substituents is 1. The van der Waals surface area contributed by atoms with Crippen molar-refractivity contribution in [3.8, 4) is 0 Å². The maximum absolute atomic E-state index is 11.6. The van der Waals surface area contributed by atoms with Crippen LogP contribution in [-0.2, 0) is 19.4 Å². The number of nitro groups is 1. The largest absolute Gasteiger partial charge is 0.469 e. The van der Waals surface area contributed by atoms with Crippen molar-refractivity contribution in [2.24, 2.45) is 0 Å². The maximum Gasteiger partial charge on any atom is 0.311 e. The molecule has 0 N–H and O–H groups in total. The van der Waals surface area contributed by atoms with Gasteiger partial charge >= 0.3 is 11.7 Å². The molecule has 9 heteroatoms. The Kier molecular flexibility index (Phi) is 5.25. The fraction of sp³-hybridized carbons (Fsp3) is 0.417. The second-order valence-corrected chi connectivity index (χ2v) is 6.39. The van der Waals surface area contributed by atoms with E-state index in [1.54, 1.807) is 0 Å². The van der Waals surface area contributed by atoms with E-state index in [9.17, 15) is 23.3 Å². The van der Waals surface area contributed by atoms with E-state index < -0.39 is 26.4 Å². The van der Waals surface area contributed by atoms with Crippen molar-refractivity contribution in [2.75, 3.05) is 31.9 Å². The van der Waals surface area contributed by atoms with E-state index >= 15 is 0 Å². The number of carbonyl (C=O) groups is 1. The third-order valence-corrected chi connectivity index (χ3v) is 3.98. The number of hydrogen-bond acceptors (Lipinski definition) is 7. The van der Waals surface area contributed by atoms with E-state index in [0.29, 0.717) is 0 Å². The van der Waals surface area contributed by atoms with E-state index in [-0.39, 0.29) is 23.5 Å². The fourth-order valence-electron chi connectivity index (χ4n) is 1.78. The number of ether oxygens (including phenoxy) is 1. The molecule has 0 radical (unpaired) electrons. The van der Waals surface area contributed by atoms with Crippen LogP contribution in [0.2, 0.25) is 0 Å². The van der Waals surface area contributed by atoms with Crippen LogP contribution in [0.15, 0.2) is 23.1 Å². The first kappa shape index (κ1) is 16.9. The lowest BCUT2D eigenvalue weighted by atomic mass is 10.2. The highest BCUT2D eigenvalue weighted by Gasteiger charge is 2.27. The summed E-state index contributed by atoms with van der Waals surface area (Å²) in [5.74, 6) is -0.455. The average molecular weight is 316 g/mol. The van der Waals surface area contributed by atoms with Gasteiger partial charge in [-0.15, -0.1) is 0 Å². The Hall–Kier alpha value is -2.16. The minimum atomic E-state index is -3.73. The Morgan fingerprint density at radius 3 is 2.52 bits per heavy atom. The number of sulfone groups is 1. The van der Waals surface area contributed by atoms with Gasteiger partial charge in [-0.3, -0.25) is 14.9 Å². The van der Waals surface area contributed by atoms with Crippen molar-refractivity contribution in [3.63, 3.8) is 0 Å². The number of para-hydroxylation sites is 1. The zero-order chi connectivity index (χ0) is 16.2. The zero-order valence-corrected chi connectivity index (χ0v) is 12.7. The van der Waals surface area contributed by atoms with Gasteiger partial charge in [0.05, 0.1) is 18.5 Å². The average Bonchev–Trinajstić information content (AvgIpc) is 2.42. The highest BCUT2D eigenvalue weighted by molar-refractivity contribution is 7.90. The first-order valence-corrected chi connectivity index (χ1v) is 7.83. The minimum Gasteiger partial charge on any atom is -0.469 e. The highest BCUT2D eigenvalue weighted by atomic mass is 32.2. The van der Waals surface area contributed by atoms with Gasteiger partial charge in [-0.1, -0.05) is 6.07 Å². The summed E-state index contributed by atoms with van der Waals surface area (Å²) in [5, 5.41) is 11.2. The second kappa shape index (κ2) is 6.53. The van der Waals surface area contributed by atoms with Gasteiger partial charge < -0.3 is 9.64 Å². The third-order valence-electron chi connectivity index (χ3n) is 2.85. The van der Waals surface area contributed by atoms with Crippen molar-refractivity contribution in [1.29, 1.82) is 0 Å². The number of esters is 1. The van der Waals surface area contributed by atoms with Gasteiger partial charge in [0, 0.05) is 19.8 Å². The Bertz CT molecular complexity index is 656. The molecule has 8 nitrogen and oxygen atoms in total. The van der Waals surface area contributed by atoms with Gasteiger partial charge in [0.25, 0.3) is 0 Å². The summed E-state index contributed by atoms with van der Waals surface area (Å²) in [4.78, 5) is 22.7. The number of carbonyl (C=O) groups excluding carboxylic acids is 1. The molecule has 21 heavy (non-hydrogen) atoms. The predicted octanol–water partition coefficient (Wildman–Crippen LogP) is 0.998. The number of nitrogens with zero attached hydrogens (tertiary/aromatic N) is 2. The smallest absolute Gasteiger partial charge is 0.311 e. The van der Waals surface area contributed by atoms with Gasteiger partial charge in [-0.25, -0.2) is 8.42 Å². The van der Waals surface area contributed by atoms with Crippen molar-refractivity contribution < 1.29 is 22.9 Å². The summed E-state index contributed by atoms with van der Waals surface area (Å²) in [7, 11) is -0.946. The van der Waals surface area contributed by atoms with E-state index in [1.807, 2.05) is 0 Å². The van der Waals surface area contributed by atoms with E-state index in [4.69, 9.17) is 0 Å². The molecule has 0 aliphatic heterocycles. The second-order valence-electron chi connectivity index (χ2n) is 4.40. The first-order chi connectivity index (χ1) is 9.68. The molecule has 0 bridgehead atoms. The van der Waals surface area contributed by atoms with Crippen LogP contribution in [0.4, 0.5) is 11.4 Å². The summed E-state index contributed by atoms with van der Waals surface area (Å²) in [6.07, 6.45) is 0.945. The molecule has 0 heterocycles. The molecular weight excluding hydrogens is 300 g/mol. The van der Waals surface area contributed by atoms with Crippen LogP contribution in [0.1, 0.15) is 6.42 Å². The summed E-state index contributed by atoms with van der Waals surface area (Å²) in [6, 6.07) is 4.04. The van der Waals surface area contributed by atoms with Crippen LogP contribution in [0.25, 0.3) is 0 Å². The Balaban J connectivity index is 3.24. The summed E-state index contributed by atoms with van der Waals surface area (Å²) in [6.45, 7) is 0.167. The lowest BCUT2D eigenvalue weighted by molar-refractivity contribution is -0.387. The minimum absolute atomic E-state index is 0.0350. The van der Waals surface area contributed by atoms with Crippen LogP contribution in [0.3, 0.4) is 0 Å². The molecule has 116 valence electrons. The summed E-state index contributed by atoms with van der Waals surface area (Å²) >= 11 is 0. The molecule has 0 aliphatic carbocycles. The Labute approximate surface area is 122 Å². The molecule has 0 spiro atoms.